The Labute approximate surface area is 188 Å². The monoisotopic (exact) mass is 447 g/mol. The summed E-state index contributed by atoms with van der Waals surface area (Å²) in [6.07, 6.45) is 5.81. The van der Waals surface area contributed by atoms with E-state index < -0.39 is 10.0 Å². The molecule has 2 aliphatic rings. The van der Waals surface area contributed by atoms with Gasteiger partial charge < -0.3 is 4.90 Å². The Bertz CT molecular complexity index is 1300. The number of nitrogens with zero attached hydrogens (tertiary/aromatic N) is 3. The first-order valence-corrected chi connectivity index (χ1v) is 12.3. The van der Waals surface area contributed by atoms with Crippen LogP contribution in [0.3, 0.4) is 0 Å². The number of rotatable bonds is 4. The highest BCUT2D eigenvalue weighted by molar-refractivity contribution is 7.89. The second kappa shape index (κ2) is 8.15. The van der Waals surface area contributed by atoms with Crippen LogP contribution in [0.25, 0.3) is 11.1 Å². The average molecular weight is 448 g/mol. The van der Waals surface area contributed by atoms with Crippen molar-refractivity contribution in [1.29, 1.82) is 0 Å². The SMILES string of the molecule is Cc1cccc(-c2cncc(C(=O)N3CCc4ccc(S(=O)(=O)N5CCCC5)cc43)c2)c1. The lowest BCUT2D eigenvalue weighted by molar-refractivity contribution is 0.0989. The van der Waals surface area contributed by atoms with Crippen LogP contribution in [-0.4, -0.2) is 43.2 Å². The number of aryl methyl sites for hydroxylation is 1. The molecule has 2 aliphatic heterocycles. The summed E-state index contributed by atoms with van der Waals surface area (Å²) in [5.74, 6) is -0.165. The fourth-order valence-corrected chi connectivity index (χ4v) is 6.04. The molecule has 1 aromatic heterocycles. The van der Waals surface area contributed by atoms with E-state index in [4.69, 9.17) is 0 Å². The zero-order chi connectivity index (χ0) is 22.3. The summed E-state index contributed by atoms with van der Waals surface area (Å²) in [5, 5.41) is 0. The lowest BCUT2D eigenvalue weighted by Crippen LogP contribution is -2.30. The molecule has 0 spiro atoms. The Morgan fingerprint density at radius 2 is 1.75 bits per heavy atom. The van der Waals surface area contributed by atoms with Gasteiger partial charge in [-0.25, -0.2) is 8.42 Å². The Balaban J connectivity index is 1.47. The standard InChI is InChI=1S/C25H25N3O3S/c1-18-5-4-6-20(13-18)21-14-22(17-26-16-21)25(29)28-12-9-19-7-8-23(15-24(19)28)32(30,31)27-10-2-3-11-27/h4-8,13-17H,2-3,9-12H2,1H3. The molecule has 1 saturated heterocycles. The van der Waals surface area contributed by atoms with E-state index in [1.165, 1.54) is 4.31 Å². The van der Waals surface area contributed by atoms with Crippen LogP contribution in [0, 0.1) is 6.92 Å². The van der Waals surface area contributed by atoms with Crippen molar-refractivity contribution in [1.82, 2.24) is 9.29 Å². The summed E-state index contributed by atoms with van der Waals surface area (Å²) in [7, 11) is -3.54. The minimum Gasteiger partial charge on any atom is -0.308 e. The number of amides is 1. The number of carbonyl (C=O) groups is 1. The van der Waals surface area contributed by atoms with Crippen molar-refractivity contribution in [3.63, 3.8) is 0 Å². The Morgan fingerprint density at radius 1 is 0.938 bits per heavy atom. The van der Waals surface area contributed by atoms with Crippen molar-refractivity contribution in [3.05, 3.63) is 77.6 Å². The molecule has 0 atom stereocenters. The highest BCUT2D eigenvalue weighted by Gasteiger charge is 2.31. The molecule has 164 valence electrons. The van der Waals surface area contributed by atoms with Crippen LogP contribution >= 0.6 is 0 Å². The quantitative estimate of drug-likeness (QED) is 0.605. The van der Waals surface area contributed by atoms with Crippen molar-refractivity contribution >= 4 is 21.6 Å². The number of aromatic nitrogens is 1. The summed E-state index contributed by atoms with van der Waals surface area (Å²) in [5.41, 5.74) is 5.18. The van der Waals surface area contributed by atoms with Gasteiger partial charge in [-0.2, -0.15) is 4.31 Å². The van der Waals surface area contributed by atoms with E-state index in [9.17, 15) is 13.2 Å². The Morgan fingerprint density at radius 3 is 2.53 bits per heavy atom. The molecule has 0 unspecified atom stereocenters. The van der Waals surface area contributed by atoms with Crippen molar-refractivity contribution < 1.29 is 13.2 Å². The molecule has 6 nitrogen and oxygen atoms in total. The third kappa shape index (κ3) is 3.72. The van der Waals surface area contributed by atoms with E-state index in [1.54, 1.807) is 29.4 Å². The van der Waals surface area contributed by atoms with Crippen LogP contribution in [0.15, 0.2) is 65.8 Å². The van der Waals surface area contributed by atoms with Gasteiger partial charge in [-0.1, -0.05) is 35.9 Å². The molecule has 1 amide bonds. The number of hydrogen-bond acceptors (Lipinski definition) is 4. The van der Waals surface area contributed by atoms with E-state index in [0.29, 0.717) is 37.3 Å². The lowest BCUT2D eigenvalue weighted by atomic mass is 10.0. The van der Waals surface area contributed by atoms with Crippen LogP contribution < -0.4 is 4.90 Å². The zero-order valence-electron chi connectivity index (χ0n) is 18.0. The highest BCUT2D eigenvalue weighted by atomic mass is 32.2. The van der Waals surface area contributed by atoms with Gasteiger partial charge in [-0.3, -0.25) is 9.78 Å². The topological polar surface area (TPSA) is 70.6 Å². The number of carbonyl (C=O) groups excluding carboxylic acids is 1. The van der Waals surface area contributed by atoms with Gasteiger partial charge >= 0.3 is 0 Å². The van der Waals surface area contributed by atoms with E-state index in [1.807, 2.05) is 37.3 Å². The number of pyridine rings is 1. The molecule has 32 heavy (non-hydrogen) atoms. The van der Waals surface area contributed by atoms with Crippen molar-refractivity contribution in [2.45, 2.75) is 31.1 Å². The maximum Gasteiger partial charge on any atom is 0.259 e. The van der Waals surface area contributed by atoms with Crippen LogP contribution in [0.1, 0.15) is 34.3 Å². The minimum atomic E-state index is -3.54. The van der Waals surface area contributed by atoms with Crippen molar-refractivity contribution in [2.75, 3.05) is 24.5 Å². The van der Waals surface area contributed by atoms with E-state index in [2.05, 4.69) is 11.1 Å². The Kier molecular flexibility index (Phi) is 5.31. The van der Waals surface area contributed by atoms with Gasteiger partial charge in [0, 0.05) is 43.3 Å². The van der Waals surface area contributed by atoms with Gasteiger partial charge in [-0.15, -0.1) is 0 Å². The molecule has 0 radical (unpaired) electrons. The van der Waals surface area contributed by atoms with Crippen LogP contribution in [0.2, 0.25) is 0 Å². The van der Waals surface area contributed by atoms with E-state index in [-0.39, 0.29) is 10.8 Å². The first-order chi connectivity index (χ1) is 15.4. The molecule has 5 rings (SSSR count). The fourth-order valence-electron chi connectivity index (χ4n) is 4.50. The maximum atomic E-state index is 13.4. The number of fused-ring (bicyclic) bond motifs is 1. The summed E-state index contributed by atoms with van der Waals surface area (Å²) in [6.45, 7) is 3.66. The third-order valence-electron chi connectivity index (χ3n) is 6.24. The molecule has 1 fully saturated rings. The first kappa shape index (κ1) is 20.8. The predicted molar refractivity (Wildman–Crippen MR) is 124 cm³/mol. The minimum absolute atomic E-state index is 0.165. The molecule has 3 aromatic rings. The number of benzene rings is 2. The molecule has 3 heterocycles. The Hall–Kier alpha value is -3.03. The first-order valence-electron chi connectivity index (χ1n) is 10.9. The van der Waals surface area contributed by atoms with E-state index >= 15 is 0 Å². The largest absolute Gasteiger partial charge is 0.308 e. The summed E-state index contributed by atoms with van der Waals surface area (Å²) < 4.78 is 27.6. The third-order valence-corrected chi connectivity index (χ3v) is 8.13. The molecule has 0 bridgehead atoms. The van der Waals surface area contributed by atoms with Gasteiger partial charge in [0.2, 0.25) is 10.0 Å². The smallest absolute Gasteiger partial charge is 0.259 e. The average Bonchev–Trinajstić information content (AvgIpc) is 3.49. The molecule has 7 heteroatoms. The van der Waals surface area contributed by atoms with Crippen molar-refractivity contribution in [2.24, 2.45) is 0 Å². The molecule has 0 N–H and O–H groups in total. The fraction of sp³-hybridized carbons (Fsp3) is 0.280. The zero-order valence-corrected chi connectivity index (χ0v) is 18.8. The maximum absolute atomic E-state index is 13.4. The van der Waals surface area contributed by atoms with Crippen LogP contribution in [0.4, 0.5) is 5.69 Å². The predicted octanol–water partition coefficient (Wildman–Crippen LogP) is 4.04. The van der Waals surface area contributed by atoms with Gasteiger partial charge in [0.15, 0.2) is 0 Å². The van der Waals surface area contributed by atoms with Gasteiger partial charge in [0.1, 0.15) is 0 Å². The van der Waals surface area contributed by atoms with Gasteiger partial charge in [-0.05, 0) is 55.5 Å². The second-order valence-electron chi connectivity index (χ2n) is 8.44. The van der Waals surface area contributed by atoms with Crippen LogP contribution in [-0.2, 0) is 16.4 Å². The van der Waals surface area contributed by atoms with Crippen molar-refractivity contribution in [3.8, 4) is 11.1 Å². The number of anilines is 1. The molecular formula is C25H25N3O3S. The molecule has 2 aromatic carbocycles. The van der Waals surface area contributed by atoms with E-state index in [0.717, 1.165) is 35.1 Å². The molecule has 0 saturated carbocycles. The molecular weight excluding hydrogens is 422 g/mol. The van der Waals surface area contributed by atoms with Gasteiger partial charge in [0.25, 0.3) is 5.91 Å². The summed E-state index contributed by atoms with van der Waals surface area (Å²) in [6, 6.07) is 15.1. The number of hydrogen-bond donors (Lipinski definition) is 0. The molecule has 0 aliphatic carbocycles. The highest BCUT2D eigenvalue weighted by Crippen LogP contribution is 2.33. The van der Waals surface area contributed by atoms with Gasteiger partial charge in [0.05, 0.1) is 10.5 Å². The summed E-state index contributed by atoms with van der Waals surface area (Å²) >= 11 is 0. The normalized spacial score (nSPS) is 16.3. The summed E-state index contributed by atoms with van der Waals surface area (Å²) in [4.78, 5) is 19.6. The van der Waals surface area contributed by atoms with Crippen LogP contribution in [0.5, 0.6) is 0 Å². The second-order valence-corrected chi connectivity index (χ2v) is 10.4. The number of sulfonamides is 1. The lowest BCUT2D eigenvalue weighted by Gasteiger charge is -2.20.